The van der Waals surface area contributed by atoms with Gasteiger partial charge < -0.3 is 19.9 Å². The smallest absolute Gasteiger partial charge is 0.339 e. The summed E-state index contributed by atoms with van der Waals surface area (Å²) in [4.78, 5) is 37.1. The molecule has 3 aromatic rings. The minimum Gasteiger partial charge on any atom is -0.465 e. The summed E-state index contributed by atoms with van der Waals surface area (Å²) in [5, 5.41) is 14.8. The van der Waals surface area contributed by atoms with Crippen molar-refractivity contribution in [3.8, 4) is 0 Å². The van der Waals surface area contributed by atoms with E-state index in [2.05, 4.69) is 27.4 Å². The van der Waals surface area contributed by atoms with E-state index < -0.39 is 12.0 Å². The van der Waals surface area contributed by atoms with Gasteiger partial charge in [-0.2, -0.15) is 0 Å². The van der Waals surface area contributed by atoms with Gasteiger partial charge in [0.2, 0.25) is 5.91 Å². The Labute approximate surface area is 211 Å². The van der Waals surface area contributed by atoms with Gasteiger partial charge in [0.15, 0.2) is 11.0 Å². The van der Waals surface area contributed by atoms with E-state index in [9.17, 15) is 14.4 Å². The molecule has 0 bridgehead atoms. The largest absolute Gasteiger partial charge is 0.465 e. The van der Waals surface area contributed by atoms with Crippen LogP contribution < -0.4 is 10.6 Å². The van der Waals surface area contributed by atoms with Gasteiger partial charge in [0.05, 0.1) is 40.7 Å². The van der Waals surface area contributed by atoms with Gasteiger partial charge in [-0.05, 0) is 31.2 Å². The Bertz CT molecular complexity index is 1250. The maximum Gasteiger partial charge on any atom is 0.339 e. The molecule has 1 aromatic heterocycles. The summed E-state index contributed by atoms with van der Waals surface area (Å²) in [5.41, 5.74) is 0.969. The molecule has 0 spiro atoms. The van der Waals surface area contributed by atoms with E-state index >= 15 is 0 Å². The summed E-state index contributed by atoms with van der Waals surface area (Å²) in [6.45, 7) is 5.93. The van der Waals surface area contributed by atoms with Gasteiger partial charge in [-0.3, -0.25) is 9.59 Å². The number of carbonyl (C=O) groups excluding carboxylic acids is 3. The van der Waals surface area contributed by atoms with Crippen LogP contribution in [0.25, 0.3) is 0 Å². The van der Waals surface area contributed by atoms with Crippen LogP contribution in [0.3, 0.4) is 0 Å². The number of para-hydroxylation sites is 1. The number of nitrogens with one attached hydrogen (secondary N) is 2. The quantitative estimate of drug-likeness (QED) is 0.238. The van der Waals surface area contributed by atoms with Crippen LogP contribution in [-0.4, -0.2) is 45.4 Å². The molecule has 0 saturated carbocycles. The van der Waals surface area contributed by atoms with Gasteiger partial charge in [-0.15, -0.1) is 16.8 Å². The highest BCUT2D eigenvalue weighted by Crippen LogP contribution is 2.23. The molecule has 0 saturated heterocycles. The number of hydrogen-bond donors (Lipinski definition) is 2. The molecule has 0 fully saturated rings. The van der Waals surface area contributed by atoms with Gasteiger partial charge in [0.1, 0.15) is 0 Å². The number of allylic oxidation sites excluding steroid dienone is 1. The maximum atomic E-state index is 12.6. The van der Waals surface area contributed by atoms with E-state index in [1.807, 2.05) is 0 Å². The lowest BCUT2D eigenvalue weighted by Crippen LogP contribution is -2.29. The fraction of sp³-hybridized carbons (Fsp3) is 0.208. The SMILES string of the molecule is C=CCn1c(SCC(=O)Nc2ccccc2C(=O)OC)nnc1[C@H](C)NC(=O)c1ccccc1Cl. The van der Waals surface area contributed by atoms with Crippen LogP contribution in [0.15, 0.2) is 66.3 Å². The molecular weight excluding hydrogens is 490 g/mol. The highest BCUT2D eigenvalue weighted by molar-refractivity contribution is 7.99. The topological polar surface area (TPSA) is 115 Å². The molecule has 11 heteroatoms. The summed E-state index contributed by atoms with van der Waals surface area (Å²) in [7, 11) is 1.28. The minimum absolute atomic E-state index is 0.0190. The Morgan fingerprint density at radius 2 is 1.83 bits per heavy atom. The molecule has 2 N–H and O–H groups in total. The third-order valence-electron chi connectivity index (χ3n) is 4.85. The highest BCUT2D eigenvalue weighted by atomic mass is 35.5. The van der Waals surface area contributed by atoms with Crippen molar-refractivity contribution in [3.05, 3.63) is 83.2 Å². The van der Waals surface area contributed by atoms with Crippen LogP contribution in [-0.2, 0) is 16.1 Å². The monoisotopic (exact) mass is 513 g/mol. The maximum absolute atomic E-state index is 12.6. The molecule has 2 amide bonds. The number of rotatable bonds is 10. The second-order valence-electron chi connectivity index (χ2n) is 7.29. The van der Waals surface area contributed by atoms with Crippen molar-refractivity contribution in [1.29, 1.82) is 0 Å². The molecule has 0 aliphatic heterocycles. The number of carbonyl (C=O) groups is 3. The molecule has 3 rings (SSSR count). The number of anilines is 1. The number of nitrogens with zero attached hydrogens (tertiary/aromatic N) is 3. The molecule has 0 radical (unpaired) electrons. The fourth-order valence-electron chi connectivity index (χ4n) is 3.21. The number of benzene rings is 2. The van der Waals surface area contributed by atoms with Crippen molar-refractivity contribution in [2.24, 2.45) is 0 Å². The van der Waals surface area contributed by atoms with E-state index in [4.69, 9.17) is 16.3 Å². The van der Waals surface area contributed by atoms with Crippen molar-refractivity contribution in [2.45, 2.75) is 24.7 Å². The number of hydrogen-bond acceptors (Lipinski definition) is 7. The zero-order valence-corrected chi connectivity index (χ0v) is 20.7. The number of halogens is 1. The number of thioether (sulfide) groups is 1. The van der Waals surface area contributed by atoms with Crippen molar-refractivity contribution in [3.63, 3.8) is 0 Å². The number of aromatic nitrogens is 3. The first-order valence-corrected chi connectivity index (χ1v) is 11.9. The molecule has 35 heavy (non-hydrogen) atoms. The fourth-order valence-corrected chi connectivity index (χ4v) is 4.18. The van der Waals surface area contributed by atoms with Crippen molar-refractivity contribution >= 4 is 46.8 Å². The molecule has 182 valence electrons. The average molecular weight is 514 g/mol. The van der Waals surface area contributed by atoms with E-state index in [0.717, 1.165) is 0 Å². The summed E-state index contributed by atoms with van der Waals surface area (Å²) in [5.74, 6) is -0.693. The van der Waals surface area contributed by atoms with E-state index in [1.54, 1.807) is 66.1 Å². The zero-order chi connectivity index (χ0) is 25.4. The Morgan fingerprint density at radius 3 is 2.51 bits per heavy atom. The second kappa shape index (κ2) is 12.2. The van der Waals surface area contributed by atoms with Gasteiger partial charge in [-0.25, -0.2) is 4.79 Å². The summed E-state index contributed by atoms with van der Waals surface area (Å²) >= 11 is 7.29. The molecule has 0 aliphatic rings. The number of esters is 1. The van der Waals surface area contributed by atoms with Gasteiger partial charge >= 0.3 is 5.97 Å². The normalized spacial score (nSPS) is 11.4. The lowest BCUT2D eigenvalue weighted by atomic mass is 10.2. The predicted octanol–water partition coefficient (Wildman–Crippen LogP) is 4.13. The van der Waals surface area contributed by atoms with Crippen molar-refractivity contribution < 1.29 is 19.1 Å². The molecule has 1 atom stereocenters. The molecule has 9 nitrogen and oxygen atoms in total. The highest BCUT2D eigenvalue weighted by Gasteiger charge is 2.21. The van der Waals surface area contributed by atoms with E-state index in [0.29, 0.717) is 33.8 Å². The molecule has 1 heterocycles. The Hall–Kier alpha value is -3.63. The van der Waals surface area contributed by atoms with Crippen LogP contribution in [0, 0.1) is 0 Å². The van der Waals surface area contributed by atoms with Crippen LogP contribution in [0.2, 0.25) is 5.02 Å². The summed E-state index contributed by atoms with van der Waals surface area (Å²) < 4.78 is 6.52. The molecule has 0 unspecified atom stereocenters. The first-order valence-electron chi connectivity index (χ1n) is 10.5. The Kier molecular flexibility index (Phi) is 9.04. The average Bonchev–Trinajstić information content (AvgIpc) is 3.25. The third-order valence-corrected chi connectivity index (χ3v) is 6.15. The minimum atomic E-state index is -0.545. The lowest BCUT2D eigenvalue weighted by Gasteiger charge is -2.15. The van der Waals surface area contributed by atoms with E-state index in [1.165, 1.54) is 18.9 Å². The standard InChI is InChI=1S/C24H24ClN5O4S/c1-4-13-30-21(15(2)26-22(32)16-9-5-7-11-18(16)25)28-29-24(30)35-14-20(31)27-19-12-8-6-10-17(19)23(33)34-3/h4-12,15H,1,13-14H2,2-3H3,(H,26,32)(H,27,31)/t15-/m0/s1. The molecule has 2 aromatic carbocycles. The van der Waals surface area contributed by atoms with Gasteiger partial charge in [0, 0.05) is 6.54 Å². The third kappa shape index (κ3) is 6.49. The van der Waals surface area contributed by atoms with Gasteiger partial charge in [-0.1, -0.05) is 53.7 Å². The van der Waals surface area contributed by atoms with Crippen LogP contribution in [0.5, 0.6) is 0 Å². The number of ether oxygens (including phenoxy) is 1. The first kappa shape index (κ1) is 26.0. The number of methoxy groups -OCH3 is 1. The van der Waals surface area contributed by atoms with Gasteiger partial charge in [0.25, 0.3) is 5.91 Å². The Balaban J connectivity index is 1.69. The number of amides is 2. The van der Waals surface area contributed by atoms with Crippen LogP contribution >= 0.6 is 23.4 Å². The van der Waals surface area contributed by atoms with Crippen molar-refractivity contribution in [1.82, 2.24) is 20.1 Å². The first-order chi connectivity index (χ1) is 16.8. The summed E-state index contributed by atoms with van der Waals surface area (Å²) in [6, 6.07) is 12.9. The lowest BCUT2D eigenvalue weighted by molar-refractivity contribution is -0.113. The zero-order valence-electron chi connectivity index (χ0n) is 19.2. The second-order valence-corrected chi connectivity index (χ2v) is 8.64. The Morgan fingerprint density at radius 1 is 1.14 bits per heavy atom. The predicted molar refractivity (Wildman–Crippen MR) is 135 cm³/mol. The van der Waals surface area contributed by atoms with Crippen molar-refractivity contribution in [2.75, 3.05) is 18.2 Å². The molecular formula is C24H24ClN5O4S. The van der Waals surface area contributed by atoms with Crippen LogP contribution in [0.1, 0.15) is 39.5 Å². The summed E-state index contributed by atoms with van der Waals surface area (Å²) in [6.07, 6.45) is 1.67. The molecule has 0 aliphatic carbocycles. The van der Waals surface area contributed by atoms with Crippen LogP contribution in [0.4, 0.5) is 5.69 Å². The van der Waals surface area contributed by atoms with E-state index in [-0.39, 0.29) is 23.1 Å².